The van der Waals surface area contributed by atoms with Crippen LogP contribution in [0, 0.1) is 0 Å². The summed E-state index contributed by atoms with van der Waals surface area (Å²) in [5.74, 6) is 0.924. The minimum Gasteiger partial charge on any atom is -0.442 e. The summed E-state index contributed by atoms with van der Waals surface area (Å²) >= 11 is 0. The van der Waals surface area contributed by atoms with Gasteiger partial charge in [-0.15, -0.1) is 4.40 Å². The van der Waals surface area contributed by atoms with Crippen LogP contribution in [0.5, 0.6) is 5.75 Å². The highest BCUT2D eigenvalue weighted by Crippen LogP contribution is 2.25. The van der Waals surface area contributed by atoms with Gasteiger partial charge in [0.25, 0.3) is 10.0 Å². The molecule has 5 heteroatoms. The Bertz CT molecular complexity index is 752. The summed E-state index contributed by atoms with van der Waals surface area (Å²) in [6.07, 6.45) is 1.22. The summed E-state index contributed by atoms with van der Waals surface area (Å²) in [4.78, 5) is 0.176. The number of hydrogen-bond acceptors (Lipinski definition) is 3. The molecule has 0 saturated heterocycles. The van der Waals surface area contributed by atoms with Gasteiger partial charge in [-0.2, -0.15) is 8.42 Å². The molecule has 1 heterocycles. The molecule has 0 N–H and O–H groups in total. The number of para-hydroxylation sites is 1. The van der Waals surface area contributed by atoms with Gasteiger partial charge in [-0.3, -0.25) is 0 Å². The first-order valence-electron chi connectivity index (χ1n) is 6.30. The van der Waals surface area contributed by atoms with E-state index in [0.717, 1.165) is 12.0 Å². The highest BCUT2D eigenvalue weighted by Gasteiger charge is 2.19. The highest BCUT2D eigenvalue weighted by molar-refractivity contribution is 7.90. The molecule has 0 atom stereocenters. The lowest BCUT2D eigenvalue weighted by Crippen LogP contribution is -2.18. The van der Waals surface area contributed by atoms with Gasteiger partial charge >= 0.3 is 0 Å². The molecule has 0 spiro atoms. The zero-order chi connectivity index (χ0) is 14.0. The monoisotopic (exact) mass is 287 g/mol. The van der Waals surface area contributed by atoms with E-state index in [4.69, 9.17) is 4.74 Å². The smallest absolute Gasteiger partial charge is 0.285 e. The summed E-state index contributed by atoms with van der Waals surface area (Å²) in [5.41, 5.74) is 1.07. The fourth-order valence-corrected chi connectivity index (χ4v) is 3.08. The first-order chi connectivity index (χ1) is 9.65. The van der Waals surface area contributed by atoms with Crippen molar-refractivity contribution in [3.05, 3.63) is 60.2 Å². The van der Waals surface area contributed by atoms with Crippen molar-refractivity contribution in [2.75, 3.05) is 0 Å². The Kier molecular flexibility index (Phi) is 3.28. The van der Waals surface area contributed by atoms with E-state index in [0.29, 0.717) is 12.2 Å². The van der Waals surface area contributed by atoms with Crippen molar-refractivity contribution in [3.63, 3.8) is 0 Å². The average Bonchev–Trinajstić information content (AvgIpc) is 2.48. The zero-order valence-electron chi connectivity index (χ0n) is 10.7. The Morgan fingerprint density at radius 2 is 1.60 bits per heavy atom. The summed E-state index contributed by atoms with van der Waals surface area (Å²) in [5, 5.41) is 0. The van der Waals surface area contributed by atoms with E-state index >= 15 is 0 Å². The van der Waals surface area contributed by atoms with E-state index in [2.05, 4.69) is 4.40 Å². The molecule has 0 amide bonds. The predicted octanol–water partition coefficient (Wildman–Crippen LogP) is 2.80. The molecule has 1 aliphatic heterocycles. The van der Waals surface area contributed by atoms with Crippen LogP contribution < -0.4 is 4.74 Å². The largest absolute Gasteiger partial charge is 0.442 e. The first-order valence-corrected chi connectivity index (χ1v) is 7.74. The molecule has 0 aliphatic carbocycles. The van der Waals surface area contributed by atoms with Gasteiger partial charge in [0, 0.05) is 6.42 Å². The second-order valence-corrected chi connectivity index (χ2v) is 6.09. The predicted molar refractivity (Wildman–Crippen MR) is 76.5 cm³/mol. The maximum absolute atomic E-state index is 12.1. The van der Waals surface area contributed by atoms with Crippen molar-refractivity contribution in [1.82, 2.24) is 0 Å². The summed E-state index contributed by atoms with van der Waals surface area (Å²) in [6.45, 7) is 0. The maximum Gasteiger partial charge on any atom is 0.285 e. The van der Waals surface area contributed by atoms with E-state index in [1.165, 1.54) is 12.1 Å². The van der Waals surface area contributed by atoms with Crippen LogP contribution in [-0.2, 0) is 16.4 Å². The van der Waals surface area contributed by atoms with Crippen molar-refractivity contribution in [2.24, 2.45) is 4.40 Å². The SMILES string of the molecule is O=S(=O)(N=C1CCc2ccccc2O1)c1ccccc1. The number of sulfonamides is 1. The van der Waals surface area contributed by atoms with Crippen LogP contribution in [0.2, 0.25) is 0 Å². The van der Waals surface area contributed by atoms with Crippen LogP contribution in [0.3, 0.4) is 0 Å². The normalized spacial score (nSPS) is 16.5. The van der Waals surface area contributed by atoms with Gasteiger partial charge in [-0.05, 0) is 30.2 Å². The quantitative estimate of drug-likeness (QED) is 0.853. The Hall–Kier alpha value is -2.14. The lowest BCUT2D eigenvalue weighted by Gasteiger charge is -2.17. The van der Waals surface area contributed by atoms with Crippen molar-refractivity contribution in [2.45, 2.75) is 17.7 Å². The van der Waals surface area contributed by atoms with Crippen LogP contribution in [0.25, 0.3) is 0 Å². The fourth-order valence-electron chi connectivity index (χ4n) is 2.07. The molecular weight excluding hydrogens is 274 g/mol. The summed E-state index contributed by atoms with van der Waals surface area (Å²) < 4.78 is 33.7. The Labute approximate surface area is 117 Å². The Morgan fingerprint density at radius 1 is 0.900 bits per heavy atom. The van der Waals surface area contributed by atoms with Crippen LogP contribution >= 0.6 is 0 Å². The molecule has 0 radical (unpaired) electrons. The number of ether oxygens (including phenoxy) is 1. The van der Waals surface area contributed by atoms with Crippen LogP contribution in [0.4, 0.5) is 0 Å². The number of hydrogen-bond donors (Lipinski definition) is 0. The maximum atomic E-state index is 12.1. The minimum absolute atomic E-state index is 0.176. The molecular formula is C15H13NO3S. The zero-order valence-corrected chi connectivity index (χ0v) is 11.5. The van der Waals surface area contributed by atoms with E-state index < -0.39 is 10.0 Å². The van der Waals surface area contributed by atoms with Crippen molar-refractivity contribution in [1.29, 1.82) is 0 Å². The van der Waals surface area contributed by atoms with Crippen molar-refractivity contribution >= 4 is 15.9 Å². The number of benzene rings is 2. The molecule has 0 unspecified atom stereocenters. The van der Waals surface area contributed by atoms with E-state index in [1.54, 1.807) is 18.2 Å². The molecule has 2 aromatic carbocycles. The molecule has 1 aliphatic rings. The van der Waals surface area contributed by atoms with Crippen LogP contribution in [0.1, 0.15) is 12.0 Å². The molecule has 0 fully saturated rings. The lowest BCUT2D eigenvalue weighted by atomic mass is 10.1. The van der Waals surface area contributed by atoms with E-state index in [1.807, 2.05) is 24.3 Å². The van der Waals surface area contributed by atoms with Crippen molar-refractivity contribution in [3.8, 4) is 5.75 Å². The van der Waals surface area contributed by atoms with Gasteiger partial charge < -0.3 is 4.74 Å². The number of aryl methyl sites for hydroxylation is 1. The third-order valence-electron chi connectivity index (χ3n) is 3.07. The second-order valence-electron chi connectivity index (χ2n) is 4.48. The first kappa shape index (κ1) is 12.9. The van der Waals surface area contributed by atoms with Gasteiger partial charge in [-0.1, -0.05) is 36.4 Å². The molecule has 2 aromatic rings. The van der Waals surface area contributed by atoms with Crippen molar-refractivity contribution < 1.29 is 13.2 Å². The molecule has 0 bridgehead atoms. The summed E-state index contributed by atoms with van der Waals surface area (Å²) in [7, 11) is -3.70. The van der Waals surface area contributed by atoms with Crippen LogP contribution in [-0.4, -0.2) is 14.3 Å². The molecule has 3 rings (SSSR count). The van der Waals surface area contributed by atoms with Gasteiger partial charge in [0.2, 0.25) is 5.90 Å². The number of rotatable bonds is 2. The average molecular weight is 287 g/mol. The summed E-state index contributed by atoms with van der Waals surface area (Å²) in [6, 6.07) is 15.7. The van der Waals surface area contributed by atoms with E-state index in [9.17, 15) is 8.42 Å². The molecule has 0 aromatic heterocycles. The molecule has 102 valence electrons. The molecule has 20 heavy (non-hydrogen) atoms. The highest BCUT2D eigenvalue weighted by atomic mass is 32.2. The van der Waals surface area contributed by atoms with E-state index in [-0.39, 0.29) is 10.8 Å². The minimum atomic E-state index is -3.70. The van der Waals surface area contributed by atoms with Gasteiger partial charge in [0.05, 0.1) is 4.90 Å². The third-order valence-corrected chi connectivity index (χ3v) is 4.38. The molecule has 4 nitrogen and oxygen atoms in total. The standard InChI is InChI=1S/C15H13NO3S/c17-20(18,13-7-2-1-3-8-13)16-15-11-10-12-6-4-5-9-14(12)19-15/h1-9H,10-11H2. The third kappa shape index (κ3) is 2.58. The van der Waals surface area contributed by atoms with Gasteiger partial charge in [-0.25, -0.2) is 0 Å². The second kappa shape index (κ2) is 5.09. The molecule has 0 saturated carbocycles. The Morgan fingerprint density at radius 3 is 2.40 bits per heavy atom. The Balaban J connectivity index is 1.91. The number of nitrogens with zero attached hydrogens (tertiary/aromatic N) is 1. The number of fused-ring (bicyclic) bond motifs is 1. The van der Waals surface area contributed by atoms with Crippen LogP contribution in [0.15, 0.2) is 63.9 Å². The fraction of sp³-hybridized carbons (Fsp3) is 0.133. The lowest BCUT2D eigenvalue weighted by molar-refractivity contribution is 0.503. The van der Waals surface area contributed by atoms with Gasteiger partial charge in [0.15, 0.2) is 0 Å². The topological polar surface area (TPSA) is 55.7 Å². The van der Waals surface area contributed by atoms with Gasteiger partial charge in [0.1, 0.15) is 5.75 Å².